The van der Waals surface area contributed by atoms with Gasteiger partial charge in [0.1, 0.15) is 11.4 Å². The Bertz CT molecular complexity index is 1250. The highest BCUT2D eigenvalue weighted by atomic mass is 16.4. The van der Waals surface area contributed by atoms with Gasteiger partial charge in [0.15, 0.2) is 0 Å². The number of aromatic carboxylic acids is 1. The molecule has 1 aromatic heterocycles. The van der Waals surface area contributed by atoms with Gasteiger partial charge in [0, 0.05) is 24.6 Å². The van der Waals surface area contributed by atoms with E-state index in [1.165, 1.54) is 11.5 Å². The average molecular weight is 491 g/mol. The molecule has 36 heavy (non-hydrogen) atoms. The van der Waals surface area contributed by atoms with Crippen LogP contribution in [0.2, 0.25) is 0 Å². The molecule has 0 aliphatic heterocycles. The second-order valence-electron chi connectivity index (χ2n) is 8.98. The number of hydrogen-bond acceptors (Lipinski definition) is 5. The highest BCUT2D eigenvalue weighted by Gasteiger charge is 2.27. The number of carboxylic acids is 1. The molecule has 2 aromatic carbocycles. The van der Waals surface area contributed by atoms with E-state index < -0.39 is 11.5 Å². The summed E-state index contributed by atoms with van der Waals surface area (Å²) >= 11 is 0. The summed E-state index contributed by atoms with van der Waals surface area (Å²) in [4.78, 5) is 45.0. The lowest BCUT2D eigenvalue weighted by atomic mass is 10.0. The predicted octanol–water partition coefficient (Wildman–Crippen LogP) is 3.59. The minimum absolute atomic E-state index is 0.113. The molecule has 0 fully saturated rings. The number of aryl methyl sites for hydroxylation is 2. The van der Waals surface area contributed by atoms with E-state index in [0.29, 0.717) is 43.9 Å². The van der Waals surface area contributed by atoms with Gasteiger partial charge in [-0.1, -0.05) is 55.0 Å². The molecule has 0 saturated carbocycles. The first-order valence-electron chi connectivity index (χ1n) is 12.2. The number of rotatable bonds is 11. The molecule has 3 aromatic rings. The summed E-state index contributed by atoms with van der Waals surface area (Å²) in [7, 11) is 0. The third-order valence-electron chi connectivity index (χ3n) is 6.29. The molecule has 8 nitrogen and oxygen atoms in total. The van der Waals surface area contributed by atoms with Crippen molar-refractivity contribution in [2.45, 2.75) is 46.1 Å². The van der Waals surface area contributed by atoms with Crippen LogP contribution in [0, 0.1) is 13.8 Å². The van der Waals surface area contributed by atoms with E-state index in [1.807, 2.05) is 68.4 Å². The fourth-order valence-corrected chi connectivity index (χ4v) is 4.25. The van der Waals surface area contributed by atoms with E-state index in [4.69, 9.17) is 5.73 Å². The number of amides is 1. The second-order valence-corrected chi connectivity index (χ2v) is 8.98. The molecule has 0 bridgehead atoms. The van der Waals surface area contributed by atoms with Crippen molar-refractivity contribution >= 4 is 11.9 Å². The molecule has 0 unspecified atom stereocenters. The van der Waals surface area contributed by atoms with Gasteiger partial charge in [0.05, 0.1) is 12.2 Å². The Kier molecular flexibility index (Phi) is 9.13. The van der Waals surface area contributed by atoms with Crippen molar-refractivity contribution in [1.29, 1.82) is 0 Å². The first kappa shape index (κ1) is 26.8. The van der Waals surface area contributed by atoms with E-state index >= 15 is 0 Å². The van der Waals surface area contributed by atoms with E-state index in [-0.39, 0.29) is 29.6 Å². The molecule has 8 heteroatoms. The Hall–Kier alpha value is -3.78. The Labute approximate surface area is 211 Å². The maximum Gasteiger partial charge on any atom is 0.343 e. The zero-order valence-corrected chi connectivity index (χ0v) is 21.1. The van der Waals surface area contributed by atoms with Gasteiger partial charge < -0.3 is 15.7 Å². The maximum absolute atomic E-state index is 13.4. The Morgan fingerprint density at radius 1 is 1.08 bits per heavy atom. The first-order valence-corrected chi connectivity index (χ1v) is 12.2. The standard InChI is InChI=1S/C28H34N4O4/c1-4-22(18-31(16-8-15-29)26(33)23-13-11-19(2)12-14-23)25-30-20(3)24(28(35)36)27(34)32(25)17-21-9-6-5-7-10-21/h5-7,9-14,22H,4,8,15-18,29H2,1-3H3,(H,35,36)/t22-/m1/s1. The predicted molar refractivity (Wildman–Crippen MR) is 140 cm³/mol. The fourth-order valence-electron chi connectivity index (χ4n) is 4.25. The quantitative estimate of drug-likeness (QED) is 0.424. The van der Waals surface area contributed by atoms with Crippen LogP contribution in [0.15, 0.2) is 59.4 Å². The van der Waals surface area contributed by atoms with Crippen LogP contribution in [-0.4, -0.2) is 51.1 Å². The van der Waals surface area contributed by atoms with Gasteiger partial charge >= 0.3 is 5.97 Å². The van der Waals surface area contributed by atoms with Crippen LogP contribution in [0.4, 0.5) is 0 Å². The summed E-state index contributed by atoms with van der Waals surface area (Å²) in [6.07, 6.45) is 1.24. The minimum Gasteiger partial charge on any atom is -0.477 e. The summed E-state index contributed by atoms with van der Waals surface area (Å²) in [6, 6.07) is 16.8. The molecule has 1 amide bonds. The van der Waals surface area contributed by atoms with Gasteiger partial charge in [0.25, 0.3) is 11.5 Å². The number of carboxylic acid groups (broad SMARTS) is 1. The van der Waals surface area contributed by atoms with E-state index in [0.717, 1.165) is 11.1 Å². The molecule has 0 aliphatic rings. The van der Waals surface area contributed by atoms with Crippen molar-refractivity contribution in [1.82, 2.24) is 14.5 Å². The molecule has 190 valence electrons. The average Bonchev–Trinajstić information content (AvgIpc) is 2.86. The zero-order valence-electron chi connectivity index (χ0n) is 21.1. The molecule has 0 saturated heterocycles. The molecule has 3 rings (SSSR count). The lowest BCUT2D eigenvalue weighted by molar-refractivity contribution is 0.0692. The molecule has 3 N–H and O–H groups in total. The molecule has 1 atom stereocenters. The van der Waals surface area contributed by atoms with Crippen LogP contribution < -0.4 is 11.3 Å². The number of nitrogens with zero attached hydrogens (tertiary/aromatic N) is 3. The van der Waals surface area contributed by atoms with E-state index in [9.17, 15) is 19.5 Å². The summed E-state index contributed by atoms with van der Waals surface area (Å²) < 4.78 is 1.44. The summed E-state index contributed by atoms with van der Waals surface area (Å²) in [5.41, 5.74) is 7.50. The number of benzene rings is 2. The lowest BCUT2D eigenvalue weighted by Gasteiger charge is -2.29. The summed E-state index contributed by atoms with van der Waals surface area (Å²) in [5.74, 6) is -1.22. The number of carbonyl (C=O) groups excluding carboxylic acids is 1. The highest BCUT2D eigenvalue weighted by Crippen LogP contribution is 2.22. The zero-order chi connectivity index (χ0) is 26.2. The van der Waals surface area contributed by atoms with Gasteiger partial charge in [-0.05, 0) is 50.9 Å². The molecule has 0 aliphatic carbocycles. The number of nitrogens with two attached hydrogens (primary N) is 1. The lowest BCUT2D eigenvalue weighted by Crippen LogP contribution is -2.39. The largest absolute Gasteiger partial charge is 0.477 e. The van der Waals surface area contributed by atoms with E-state index in [2.05, 4.69) is 4.98 Å². The van der Waals surface area contributed by atoms with Crippen LogP contribution in [0.5, 0.6) is 0 Å². The van der Waals surface area contributed by atoms with Crippen LogP contribution >= 0.6 is 0 Å². The second kappa shape index (κ2) is 12.3. The Balaban J connectivity index is 2.05. The molecular weight excluding hydrogens is 456 g/mol. The van der Waals surface area contributed by atoms with Crippen LogP contribution in [0.1, 0.15) is 69.0 Å². The van der Waals surface area contributed by atoms with Gasteiger partial charge in [-0.15, -0.1) is 0 Å². The SMILES string of the molecule is CC[C@H](CN(CCCN)C(=O)c1ccc(C)cc1)c1nc(C)c(C(=O)O)c(=O)n1Cc1ccccc1. The first-order chi connectivity index (χ1) is 17.3. The highest BCUT2D eigenvalue weighted by molar-refractivity contribution is 5.94. The van der Waals surface area contributed by atoms with Crippen LogP contribution in [0.3, 0.4) is 0 Å². The fraction of sp³-hybridized carbons (Fsp3) is 0.357. The monoisotopic (exact) mass is 490 g/mol. The third-order valence-corrected chi connectivity index (χ3v) is 6.29. The molecule has 0 radical (unpaired) electrons. The van der Waals surface area contributed by atoms with Crippen LogP contribution in [-0.2, 0) is 6.54 Å². The van der Waals surface area contributed by atoms with Crippen molar-refractivity contribution < 1.29 is 14.7 Å². The van der Waals surface area contributed by atoms with Gasteiger partial charge in [-0.25, -0.2) is 9.78 Å². The topological polar surface area (TPSA) is 119 Å². The number of carbonyl (C=O) groups is 2. The van der Waals surface area contributed by atoms with Gasteiger partial charge in [-0.2, -0.15) is 0 Å². The third kappa shape index (κ3) is 6.26. The maximum atomic E-state index is 13.4. The molecular formula is C28H34N4O4. The summed E-state index contributed by atoms with van der Waals surface area (Å²) in [5, 5.41) is 9.67. The van der Waals surface area contributed by atoms with Crippen molar-refractivity contribution in [3.63, 3.8) is 0 Å². The van der Waals surface area contributed by atoms with E-state index in [1.54, 1.807) is 4.90 Å². The van der Waals surface area contributed by atoms with Crippen LogP contribution in [0.25, 0.3) is 0 Å². The normalized spacial score (nSPS) is 11.8. The Morgan fingerprint density at radius 3 is 2.33 bits per heavy atom. The molecule has 0 spiro atoms. The Morgan fingerprint density at radius 2 is 1.75 bits per heavy atom. The van der Waals surface area contributed by atoms with Crippen molar-refractivity contribution in [3.05, 3.63) is 98.7 Å². The number of aromatic nitrogens is 2. The van der Waals surface area contributed by atoms with Gasteiger partial charge in [-0.3, -0.25) is 14.2 Å². The van der Waals surface area contributed by atoms with Crippen molar-refractivity contribution in [2.75, 3.05) is 19.6 Å². The summed E-state index contributed by atoms with van der Waals surface area (Å²) in [6.45, 7) is 6.91. The minimum atomic E-state index is -1.30. The smallest absolute Gasteiger partial charge is 0.343 e. The van der Waals surface area contributed by atoms with Gasteiger partial charge in [0.2, 0.25) is 0 Å². The van der Waals surface area contributed by atoms with Crippen molar-refractivity contribution in [2.24, 2.45) is 5.73 Å². The molecule has 1 heterocycles. The van der Waals surface area contributed by atoms with Crippen molar-refractivity contribution in [3.8, 4) is 0 Å². The number of hydrogen-bond donors (Lipinski definition) is 2.